The summed E-state index contributed by atoms with van der Waals surface area (Å²) in [6.45, 7) is 3.48. The molecule has 0 aromatic carbocycles. The molecule has 18 heavy (non-hydrogen) atoms. The Morgan fingerprint density at radius 3 is 2.28 bits per heavy atom. The first-order chi connectivity index (χ1) is 8.12. The first kappa shape index (κ1) is 14.9. The van der Waals surface area contributed by atoms with Gasteiger partial charge in [0.15, 0.2) is 0 Å². The standard InChI is InChI=1S/C10H18N2O5S/c1-7-5-11(8(2)13)6-9(4-10(14)15)12(7)18(3,16)17/h7,9H,4-6H2,1-3H3,(H,14,15)/t7-,9+/m1/s1. The highest BCUT2D eigenvalue weighted by atomic mass is 32.2. The van der Waals surface area contributed by atoms with Gasteiger partial charge in [0.1, 0.15) is 0 Å². The van der Waals surface area contributed by atoms with E-state index in [1.807, 2.05) is 0 Å². The average Bonchev–Trinajstić information content (AvgIpc) is 2.12. The molecule has 0 aromatic rings. The van der Waals surface area contributed by atoms with Crippen LogP contribution in [0, 0.1) is 0 Å². The Morgan fingerprint density at radius 2 is 1.89 bits per heavy atom. The van der Waals surface area contributed by atoms with E-state index in [0.29, 0.717) is 6.54 Å². The van der Waals surface area contributed by atoms with Crippen LogP contribution in [0.1, 0.15) is 20.3 Å². The molecule has 1 N–H and O–H groups in total. The lowest BCUT2D eigenvalue weighted by Crippen LogP contribution is -2.60. The van der Waals surface area contributed by atoms with Crippen molar-refractivity contribution in [1.82, 2.24) is 9.21 Å². The number of carboxylic acid groups (broad SMARTS) is 1. The predicted octanol–water partition coefficient (Wildman–Crippen LogP) is -0.658. The molecule has 2 atom stereocenters. The molecule has 0 aliphatic carbocycles. The fourth-order valence-corrected chi connectivity index (χ4v) is 3.78. The average molecular weight is 278 g/mol. The number of carbonyl (C=O) groups is 2. The number of rotatable bonds is 3. The van der Waals surface area contributed by atoms with Gasteiger partial charge in [-0.2, -0.15) is 4.31 Å². The maximum atomic E-state index is 11.7. The van der Waals surface area contributed by atoms with Crippen molar-refractivity contribution in [1.29, 1.82) is 0 Å². The van der Waals surface area contributed by atoms with Crippen LogP contribution in [0.4, 0.5) is 0 Å². The molecule has 0 aromatic heterocycles. The first-order valence-corrected chi connectivity index (χ1v) is 7.43. The van der Waals surface area contributed by atoms with E-state index in [0.717, 1.165) is 6.26 Å². The third-order valence-electron chi connectivity index (χ3n) is 2.95. The molecule has 1 amide bonds. The van der Waals surface area contributed by atoms with Crippen LogP contribution in [-0.2, 0) is 19.6 Å². The summed E-state index contributed by atoms with van der Waals surface area (Å²) in [5.41, 5.74) is 0. The van der Waals surface area contributed by atoms with Crippen LogP contribution in [0.2, 0.25) is 0 Å². The number of hydrogen-bond acceptors (Lipinski definition) is 4. The van der Waals surface area contributed by atoms with Crippen molar-refractivity contribution in [3.63, 3.8) is 0 Å². The molecule has 0 unspecified atom stereocenters. The lowest BCUT2D eigenvalue weighted by molar-refractivity contribution is -0.140. The number of hydrogen-bond donors (Lipinski definition) is 1. The highest BCUT2D eigenvalue weighted by molar-refractivity contribution is 7.88. The molecule has 1 heterocycles. The third-order valence-corrected chi connectivity index (χ3v) is 4.37. The molecule has 1 saturated heterocycles. The fourth-order valence-electron chi connectivity index (χ4n) is 2.38. The molecular weight excluding hydrogens is 260 g/mol. The summed E-state index contributed by atoms with van der Waals surface area (Å²) in [6, 6.07) is -1.12. The second-order valence-corrected chi connectivity index (χ2v) is 6.51. The molecule has 104 valence electrons. The van der Waals surface area contributed by atoms with E-state index >= 15 is 0 Å². The number of carbonyl (C=O) groups excluding carboxylic acids is 1. The lowest BCUT2D eigenvalue weighted by Gasteiger charge is -2.43. The molecule has 0 saturated carbocycles. The van der Waals surface area contributed by atoms with Gasteiger partial charge in [-0.25, -0.2) is 8.42 Å². The van der Waals surface area contributed by atoms with Crippen LogP contribution in [-0.4, -0.2) is 66.0 Å². The van der Waals surface area contributed by atoms with Gasteiger partial charge in [-0.15, -0.1) is 0 Å². The molecule has 0 radical (unpaired) electrons. The summed E-state index contributed by atoms with van der Waals surface area (Å²) >= 11 is 0. The minimum absolute atomic E-state index is 0.124. The van der Waals surface area contributed by atoms with E-state index in [9.17, 15) is 18.0 Å². The fraction of sp³-hybridized carbons (Fsp3) is 0.800. The van der Waals surface area contributed by atoms with Crippen LogP contribution in [0.15, 0.2) is 0 Å². The summed E-state index contributed by atoms with van der Waals surface area (Å²) < 4.78 is 24.6. The SMILES string of the molecule is CC(=O)N1C[C@H](CC(=O)O)N(S(C)(=O)=O)[C@H](C)C1. The molecule has 1 fully saturated rings. The van der Waals surface area contributed by atoms with Crippen molar-refractivity contribution >= 4 is 21.9 Å². The van der Waals surface area contributed by atoms with Gasteiger partial charge in [0, 0.05) is 26.1 Å². The Morgan fingerprint density at radius 1 is 1.33 bits per heavy atom. The zero-order chi connectivity index (χ0) is 14.1. The summed E-state index contributed by atoms with van der Waals surface area (Å²) in [7, 11) is -3.49. The largest absolute Gasteiger partial charge is 0.481 e. The molecule has 1 aliphatic rings. The van der Waals surface area contributed by atoms with E-state index < -0.39 is 28.1 Å². The van der Waals surface area contributed by atoms with Crippen molar-refractivity contribution < 1.29 is 23.1 Å². The smallest absolute Gasteiger partial charge is 0.305 e. The Balaban J connectivity index is 3.01. The number of sulfonamides is 1. The minimum Gasteiger partial charge on any atom is -0.481 e. The minimum atomic E-state index is -3.49. The highest BCUT2D eigenvalue weighted by Gasteiger charge is 2.39. The van der Waals surface area contributed by atoms with Gasteiger partial charge in [0.05, 0.1) is 18.7 Å². The van der Waals surface area contributed by atoms with Crippen LogP contribution in [0.3, 0.4) is 0 Å². The van der Waals surface area contributed by atoms with Gasteiger partial charge >= 0.3 is 5.97 Å². The molecule has 0 bridgehead atoms. The summed E-state index contributed by atoms with van der Waals surface area (Å²) in [5, 5.41) is 8.84. The van der Waals surface area contributed by atoms with Gasteiger partial charge < -0.3 is 10.0 Å². The van der Waals surface area contributed by atoms with E-state index in [4.69, 9.17) is 5.11 Å². The van der Waals surface area contributed by atoms with Crippen molar-refractivity contribution in [2.75, 3.05) is 19.3 Å². The van der Waals surface area contributed by atoms with Gasteiger partial charge in [-0.1, -0.05) is 0 Å². The van der Waals surface area contributed by atoms with Crippen molar-refractivity contribution in [3.05, 3.63) is 0 Å². The van der Waals surface area contributed by atoms with Crippen LogP contribution in [0.25, 0.3) is 0 Å². The van der Waals surface area contributed by atoms with E-state index in [1.54, 1.807) is 6.92 Å². The van der Waals surface area contributed by atoms with E-state index in [-0.39, 0.29) is 18.9 Å². The summed E-state index contributed by atoms with van der Waals surface area (Å²) in [5.74, 6) is -1.25. The number of aliphatic carboxylic acids is 1. The zero-order valence-corrected chi connectivity index (χ0v) is 11.5. The quantitative estimate of drug-likeness (QED) is 0.739. The van der Waals surface area contributed by atoms with Crippen LogP contribution in [0.5, 0.6) is 0 Å². The van der Waals surface area contributed by atoms with Gasteiger partial charge in [0.2, 0.25) is 15.9 Å². The lowest BCUT2D eigenvalue weighted by atomic mass is 10.1. The van der Waals surface area contributed by atoms with Gasteiger partial charge in [-0.05, 0) is 6.92 Å². The van der Waals surface area contributed by atoms with Crippen LogP contribution >= 0.6 is 0 Å². The molecule has 0 spiro atoms. The second kappa shape index (κ2) is 5.23. The van der Waals surface area contributed by atoms with Crippen LogP contribution < -0.4 is 0 Å². The zero-order valence-electron chi connectivity index (χ0n) is 10.7. The highest BCUT2D eigenvalue weighted by Crippen LogP contribution is 2.21. The summed E-state index contributed by atoms with van der Waals surface area (Å²) in [6.07, 6.45) is 0.753. The van der Waals surface area contributed by atoms with Gasteiger partial charge in [-0.3, -0.25) is 9.59 Å². The van der Waals surface area contributed by atoms with Gasteiger partial charge in [0.25, 0.3) is 0 Å². The Bertz CT molecular complexity index is 447. The molecule has 8 heteroatoms. The predicted molar refractivity (Wildman–Crippen MR) is 64.4 cm³/mol. The molecular formula is C10H18N2O5S. The molecule has 1 aliphatic heterocycles. The summed E-state index contributed by atoms with van der Waals surface area (Å²) in [4.78, 5) is 23.6. The monoisotopic (exact) mass is 278 g/mol. The third kappa shape index (κ3) is 3.42. The Labute approximate surface area is 106 Å². The number of carboxylic acids is 1. The Hall–Kier alpha value is -1.15. The number of nitrogens with zero attached hydrogens (tertiary/aromatic N) is 2. The molecule has 1 rings (SSSR count). The second-order valence-electron chi connectivity index (χ2n) is 4.62. The first-order valence-electron chi connectivity index (χ1n) is 5.58. The Kier molecular flexibility index (Phi) is 4.33. The van der Waals surface area contributed by atoms with Crippen molar-refractivity contribution in [2.24, 2.45) is 0 Å². The normalized spacial score (nSPS) is 26.1. The number of piperazine rings is 1. The van der Waals surface area contributed by atoms with Crippen molar-refractivity contribution in [3.8, 4) is 0 Å². The molecule has 7 nitrogen and oxygen atoms in total. The topological polar surface area (TPSA) is 95.0 Å². The maximum absolute atomic E-state index is 11.7. The maximum Gasteiger partial charge on any atom is 0.305 e. The number of amides is 1. The van der Waals surface area contributed by atoms with E-state index in [1.165, 1.54) is 16.1 Å². The van der Waals surface area contributed by atoms with Crippen molar-refractivity contribution in [2.45, 2.75) is 32.4 Å². The van der Waals surface area contributed by atoms with E-state index in [2.05, 4.69) is 0 Å².